The normalized spacial score (nSPS) is 20.4. The summed E-state index contributed by atoms with van der Waals surface area (Å²) in [5.74, 6) is -1.25. The number of anilines is 1. The van der Waals surface area contributed by atoms with E-state index in [4.69, 9.17) is 16.3 Å². The Balaban J connectivity index is 1.82. The molecule has 0 atom stereocenters. The van der Waals surface area contributed by atoms with E-state index in [0.29, 0.717) is 30.5 Å². The summed E-state index contributed by atoms with van der Waals surface area (Å²) in [4.78, 5) is 40.5. The van der Waals surface area contributed by atoms with Gasteiger partial charge in [-0.3, -0.25) is 9.59 Å². The lowest BCUT2D eigenvalue weighted by atomic mass is 9.95. The van der Waals surface area contributed by atoms with Crippen molar-refractivity contribution in [2.24, 2.45) is 5.41 Å². The summed E-state index contributed by atoms with van der Waals surface area (Å²) in [6.07, 6.45) is -0.418. The van der Waals surface area contributed by atoms with Crippen molar-refractivity contribution in [3.05, 3.63) is 28.8 Å². The van der Waals surface area contributed by atoms with Crippen LogP contribution in [0, 0.1) is 5.41 Å². The molecule has 2 aliphatic rings. The molecule has 11 heteroatoms. The first kappa shape index (κ1) is 22.4. The third-order valence-corrected chi connectivity index (χ3v) is 7.41. The average Bonchev–Trinajstić information content (AvgIpc) is 2.84. The monoisotopic (exact) mass is 457 g/mol. The van der Waals surface area contributed by atoms with Crippen LogP contribution in [-0.2, 0) is 19.6 Å². The van der Waals surface area contributed by atoms with Gasteiger partial charge in [0.1, 0.15) is 0 Å². The Hall–Kier alpha value is -2.33. The average molecular weight is 458 g/mol. The lowest BCUT2D eigenvalue weighted by molar-refractivity contribution is -0.123. The van der Waals surface area contributed by atoms with Gasteiger partial charge < -0.3 is 14.5 Å². The van der Waals surface area contributed by atoms with E-state index in [2.05, 4.69) is 0 Å². The fourth-order valence-electron chi connectivity index (χ4n) is 3.53. The number of amides is 3. The molecule has 0 saturated carbocycles. The summed E-state index contributed by atoms with van der Waals surface area (Å²) >= 11 is 6.19. The second-order valence-electron chi connectivity index (χ2n) is 7.85. The third kappa shape index (κ3) is 4.11. The highest BCUT2D eigenvalue weighted by molar-refractivity contribution is 7.94. The fourth-order valence-corrected chi connectivity index (χ4v) is 5.90. The van der Waals surface area contributed by atoms with Gasteiger partial charge in [0.2, 0.25) is 15.9 Å². The van der Waals surface area contributed by atoms with Gasteiger partial charge in [-0.1, -0.05) is 11.6 Å². The molecule has 0 unspecified atom stereocenters. The van der Waals surface area contributed by atoms with Crippen molar-refractivity contribution < 1.29 is 27.5 Å². The standard InChI is InChI=1S/C19H24ClN3O6S/c1-4-29-18(26)22-9-7-21(8-10-22)16(24)13-5-6-14(20)15(11-13)23-17(25)19(2,3)12-30(23,27)28/h5-6,11H,4,7-10,12H2,1-3H3. The van der Waals surface area contributed by atoms with Crippen molar-refractivity contribution in [2.75, 3.05) is 42.8 Å². The molecular weight excluding hydrogens is 434 g/mol. The molecule has 1 aromatic rings. The SMILES string of the molecule is CCOC(=O)N1CCN(C(=O)c2ccc(Cl)c(N3C(=O)C(C)(C)CS3(=O)=O)c2)CC1. The molecule has 0 aromatic heterocycles. The van der Waals surface area contributed by atoms with Crippen LogP contribution in [0.25, 0.3) is 0 Å². The topological polar surface area (TPSA) is 104 Å². The first-order valence-corrected chi connectivity index (χ1v) is 11.5. The van der Waals surface area contributed by atoms with Crippen LogP contribution in [0.1, 0.15) is 31.1 Å². The summed E-state index contributed by atoms with van der Waals surface area (Å²) in [6.45, 7) is 6.39. The number of rotatable bonds is 3. The molecule has 3 rings (SSSR count). The van der Waals surface area contributed by atoms with Crippen LogP contribution >= 0.6 is 11.6 Å². The molecule has 164 valence electrons. The second kappa shape index (κ2) is 8.07. The molecule has 0 spiro atoms. The summed E-state index contributed by atoms with van der Waals surface area (Å²) in [5, 5.41) is 0.0632. The smallest absolute Gasteiger partial charge is 0.409 e. The van der Waals surface area contributed by atoms with Crippen molar-refractivity contribution in [3.63, 3.8) is 0 Å². The number of sulfonamides is 1. The maximum absolute atomic E-state index is 12.9. The molecule has 0 N–H and O–H groups in total. The van der Waals surface area contributed by atoms with Gasteiger partial charge in [0, 0.05) is 31.7 Å². The minimum Gasteiger partial charge on any atom is -0.450 e. The third-order valence-electron chi connectivity index (χ3n) is 5.09. The number of nitrogens with zero attached hydrogens (tertiary/aromatic N) is 3. The Bertz CT molecular complexity index is 986. The molecule has 0 aliphatic carbocycles. The number of benzene rings is 1. The first-order valence-electron chi connectivity index (χ1n) is 9.56. The number of hydrogen-bond acceptors (Lipinski definition) is 6. The molecule has 2 heterocycles. The van der Waals surface area contributed by atoms with Crippen LogP contribution in [0.3, 0.4) is 0 Å². The van der Waals surface area contributed by atoms with E-state index in [-0.39, 0.29) is 34.5 Å². The van der Waals surface area contributed by atoms with E-state index < -0.39 is 27.4 Å². The van der Waals surface area contributed by atoms with Gasteiger partial charge in [-0.15, -0.1) is 0 Å². The molecule has 2 saturated heterocycles. The Kier molecular flexibility index (Phi) is 6.01. The highest BCUT2D eigenvalue weighted by atomic mass is 35.5. The van der Waals surface area contributed by atoms with Crippen LogP contribution in [0.5, 0.6) is 0 Å². The zero-order chi connectivity index (χ0) is 22.3. The van der Waals surface area contributed by atoms with Crippen molar-refractivity contribution in [3.8, 4) is 0 Å². The Morgan fingerprint density at radius 2 is 1.73 bits per heavy atom. The number of carbonyl (C=O) groups excluding carboxylic acids is 3. The van der Waals surface area contributed by atoms with Crippen molar-refractivity contribution in [1.29, 1.82) is 0 Å². The van der Waals surface area contributed by atoms with Crippen LogP contribution < -0.4 is 4.31 Å². The van der Waals surface area contributed by atoms with Gasteiger partial charge in [-0.2, -0.15) is 0 Å². The van der Waals surface area contributed by atoms with E-state index in [1.807, 2.05) is 0 Å². The minimum atomic E-state index is -3.89. The summed E-state index contributed by atoms with van der Waals surface area (Å²) in [5.41, 5.74) is -0.888. The van der Waals surface area contributed by atoms with Crippen molar-refractivity contribution >= 4 is 45.2 Å². The van der Waals surface area contributed by atoms with Gasteiger partial charge in [-0.05, 0) is 39.0 Å². The largest absolute Gasteiger partial charge is 0.450 e. The van der Waals surface area contributed by atoms with E-state index in [0.717, 1.165) is 0 Å². The number of piperazine rings is 1. The number of hydrogen-bond donors (Lipinski definition) is 0. The molecule has 3 amide bonds. The minimum absolute atomic E-state index is 0.0248. The van der Waals surface area contributed by atoms with Gasteiger partial charge in [-0.25, -0.2) is 17.5 Å². The Morgan fingerprint density at radius 1 is 1.13 bits per heavy atom. The molecule has 0 radical (unpaired) electrons. The van der Waals surface area contributed by atoms with Gasteiger partial charge in [0.25, 0.3) is 5.91 Å². The van der Waals surface area contributed by atoms with E-state index in [1.165, 1.54) is 23.1 Å². The summed E-state index contributed by atoms with van der Waals surface area (Å²) < 4.78 is 30.8. The van der Waals surface area contributed by atoms with Crippen molar-refractivity contribution in [1.82, 2.24) is 9.80 Å². The molecule has 0 bridgehead atoms. The van der Waals surface area contributed by atoms with Gasteiger partial charge in [0.05, 0.1) is 28.5 Å². The van der Waals surface area contributed by atoms with E-state index in [9.17, 15) is 22.8 Å². The lowest BCUT2D eigenvalue weighted by Gasteiger charge is -2.34. The highest BCUT2D eigenvalue weighted by Crippen LogP contribution is 2.39. The number of carbonyl (C=O) groups is 3. The number of halogens is 1. The summed E-state index contributed by atoms with van der Waals surface area (Å²) in [6, 6.07) is 4.23. The predicted octanol–water partition coefficient (Wildman–Crippen LogP) is 1.96. The maximum Gasteiger partial charge on any atom is 0.409 e. The molecule has 1 aromatic carbocycles. The van der Waals surface area contributed by atoms with E-state index in [1.54, 1.807) is 25.7 Å². The zero-order valence-corrected chi connectivity index (χ0v) is 18.6. The van der Waals surface area contributed by atoms with Crippen LogP contribution in [-0.4, -0.2) is 74.7 Å². The van der Waals surface area contributed by atoms with Crippen LogP contribution in [0.2, 0.25) is 5.02 Å². The molecule has 30 heavy (non-hydrogen) atoms. The molecule has 9 nitrogen and oxygen atoms in total. The molecular formula is C19H24ClN3O6S. The molecule has 2 fully saturated rings. The van der Waals surface area contributed by atoms with Crippen molar-refractivity contribution in [2.45, 2.75) is 20.8 Å². The first-order chi connectivity index (χ1) is 14.0. The zero-order valence-electron chi connectivity index (χ0n) is 17.1. The second-order valence-corrected chi connectivity index (χ2v) is 10.1. The fraction of sp³-hybridized carbons (Fsp3) is 0.526. The van der Waals surface area contributed by atoms with Gasteiger partial charge >= 0.3 is 6.09 Å². The van der Waals surface area contributed by atoms with Crippen LogP contribution in [0.15, 0.2) is 18.2 Å². The Morgan fingerprint density at radius 3 is 2.27 bits per heavy atom. The maximum atomic E-state index is 12.9. The molecule has 2 aliphatic heterocycles. The quantitative estimate of drug-likeness (QED) is 0.687. The number of ether oxygens (including phenoxy) is 1. The van der Waals surface area contributed by atoms with Crippen LogP contribution in [0.4, 0.5) is 10.5 Å². The predicted molar refractivity (Wildman–Crippen MR) is 111 cm³/mol. The Labute approximate surface area is 180 Å². The highest BCUT2D eigenvalue weighted by Gasteiger charge is 2.50. The lowest BCUT2D eigenvalue weighted by Crippen LogP contribution is -2.50. The van der Waals surface area contributed by atoms with E-state index >= 15 is 0 Å². The summed E-state index contributed by atoms with van der Waals surface area (Å²) in [7, 11) is -3.89. The van der Waals surface area contributed by atoms with Gasteiger partial charge in [0.15, 0.2) is 0 Å².